The van der Waals surface area contributed by atoms with Gasteiger partial charge in [-0.3, -0.25) is 0 Å². The molecule has 0 saturated carbocycles. The lowest BCUT2D eigenvalue weighted by Gasteiger charge is -2.06. The van der Waals surface area contributed by atoms with Crippen LogP contribution in [-0.4, -0.2) is 36.9 Å². The summed E-state index contributed by atoms with van der Waals surface area (Å²) >= 11 is 0. The summed E-state index contributed by atoms with van der Waals surface area (Å²) in [6.07, 6.45) is 0. The van der Waals surface area contributed by atoms with Gasteiger partial charge in [-0.25, -0.2) is 4.79 Å². The zero-order valence-corrected chi connectivity index (χ0v) is 5.62. The van der Waals surface area contributed by atoms with Crippen LogP contribution in [0.15, 0.2) is 0 Å². The molecule has 10 heavy (non-hydrogen) atoms. The largest absolute Gasteiger partial charge is 0.480 e. The lowest BCUT2D eigenvalue weighted by molar-refractivity contribution is -0.142. The molecule has 0 aliphatic heterocycles. The number of ether oxygens (including phenoxy) is 1. The van der Waals surface area contributed by atoms with Crippen molar-refractivity contribution in [1.29, 1.82) is 0 Å². The van der Waals surface area contributed by atoms with Gasteiger partial charge in [0.15, 0.2) is 0 Å². The van der Waals surface area contributed by atoms with Crippen molar-refractivity contribution in [3.8, 4) is 0 Å². The normalized spacial score (nSPS) is 13.0. The van der Waals surface area contributed by atoms with Crippen LogP contribution in [0, 0.1) is 0 Å². The average Bonchev–Trinajstić information content (AvgIpc) is 1.87. The van der Waals surface area contributed by atoms with Gasteiger partial charge in [-0.1, -0.05) is 0 Å². The first-order chi connectivity index (χ1) is 4.66. The maximum atomic E-state index is 9.87. The SMILES string of the molecule is NCC(N)COCC(=O)O. The Labute approximate surface area is 58.9 Å². The van der Waals surface area contributed by atoms with Crippen molar-refractivity contribution in [3.05, 3.63) is 0 Å². The zero-order chi connectivity index (χ0) is 7.98. The number of carboxylic acid groups (broad SMARTS) is 1. The van der Waals surface area contributed by atoms with Gasteiger partial charge in [-0.2, -0.15) is 0 Å². The molecular formula is C5H12N2O3. The number of carbonyl (C=O) groups is 1. The van der Waals surface area contributed by atoms with Crippen LogP contribution in [-0.2, 0) is 9.53 Å². The summed E-state index contributed by atoms with van der Waals surface area (Å²) in [5.74, 6) is -0.996. The molecule has 5 nitrogen and oxygen atoms in total. The van der Waals surface area contributed by atoms with Crippen molar-refractivity contribution in [1.82, 2.24) is 0 Å². The first-order valence-electron chi connectivity index (χ1n) is 2.92. The maximum Gasteiger partial charge on any atom is 0.329 e. The minimum absolute atomic E-state index is 0.197. The van der Waals surface area contributed by atoms with Gasteiger partial charge in [0.1, 0.15) is 6.61 Å². The van der Waals surface area contributed by atoms with E-state index in [-0.39, 0.29) is 19.3 Å². The van der Waals surface area contributed by atoms with E-state index in [2.05, 4.69) is 4.74 Å². The highest BCUT2D eigenvalue weighted by Gasteiger charge is 2.00. The molecule has 0 aromatic rings. The highest BCUT2D eigenvalue weighted by Crippen LogP contribution is 1.78. The summed E-state index contributed by atoms with van der Waals surface area (Å²) < 4.78 is 4.64. The highest BCUT2D eigenvalue weighted by molar-refractivity contribution is 5.67. The molecule has 0 bridgehead atoms. The molecular weight excluding hydrogens is 136 g/mol. The Hall–Kier alpha value is -0.650. The topological polar surface area (TPSA) is 98.6 Å². The fourth-order valence-corrected chi connectivity index (χ4v) is 0.366. The van der Waals surface area contributed by atoms with E-state index in [0.717, 1.165) is 0 Å². The smallest absolute Gasteiger partial charge is 0.329 e. The maximum absolute atomic E-state index is 9.87. The summed E-state index contributed by atoms with van der Waals surface area (Å²) in [7, 11) is 0. The van der Waals surface area contributed by atoms with Gasteiger partial charge in [-0.05, 0) is 0 Å². The molecule has 60 valence electrons. The molecule has 1 atom stereocenters. The molecule has 0 aliphatic carbocycles. The van der Waals surface area contributed by atoms with Crippen molar-refractivity contribution in [3.63, 3.8) is 0 Å². The third-order valence-electron chi connectivity index (χ3n) is 0.860. The van der Waals surface area contributed by atoms with Gasteiger partial charge < -0.3 is 21.3 Å². The molecule has 0 radical (unpaired) electrons. The predicted octanol–water partition coefficient (Wildman–Crippen LogP) is -1.63. The second kappa shape index (κ2) is 5.16. The average molecular weight is 148 g/mol. The first kappa shape index (κ1) is 9.35. The van der Waals surface area contributed by atoms with Gasteiger partial charge in [-0.15, -0.1) is 0 Å². The second-order valence-corrected chi connectivity index (χ2v) is 1.90. The fraction of sp³-hybridized carbons (Fsp3) is 0.800. The quantitative estimate of drug-likeness (QED) is 0.435. The summed E-state index contributed by atoms with van der Waals surface area (Å²) in [4.78, 5) is 9.87. The molecule has 0 aliphatic rings. The number of aliphatic carboxylic acids is 1. The Morgan fingerprint density at radius 3 is 2.70 bits per heavy atom. The molecule has 0 rings (SSSR count). The van der Waals surface area contributed by atoms with Gasteiger partial charge >= 0.3 is 5.97 Å². The minimum Gasteiger partial charge on any atom is -0.480 e. The van der Waals surface area contributed by atoms with Crippen LogP contribution in [0.2, 0.25) is 0 Å². The summed E-state index contributed by atoms with van der Waals surface area (Å²) in [6.45, 7) is 0.191. The Kier molecular flexibility index (Phi) is 4.82. The van der Waals surface area contributed by atoms with E-state index in [9.17, 15) is 4.79 Å². The molecule has 0 heterocycles. The first-order valence-corrected chi connectivity index (χ1v) is 2.92. The Balaban J connectivity index is 3.11. The van der Waals surface area contributed by atoms with Crippen LogP contribution in [0.3, 0.4) is 0 Å². The molecule has 5 heteroatoms. The minimum atomic E-state index is -0.996. The number of hydrogen-bond acceptors (Lipinski definition) is 4. The molecule has 0 aromatic carbocycles. The molecule has 0 spiro atoms. The van der Waals surface area contributed by atoms with Crippen molar-refractivity contribution in [2.24, 2.45) is 11.5 Å². The summed E-state index contributed by atoms with van der Waals surface area (Å²) in [6, 6.07) is -0.264. The Bertz CT molecular complexity index is 107. The van der Waals surface area contributed by atoms with Gasteiger partial charge in [0, 0.05) is 12.6 Å². The van der Waals surface area contributed by atoms with Crippen LogP contribution in [0.25, 0.3) is 0 Å². The standard InChI is InChI=1S/C5H12N2O3/c6-1-4(7)2-10-3-5(8)9/h4H,1-3,6-7H2,(H,8,9). The number of hydrogen-bond donors (Lipinski definition) is 3. The zero-order valence-electron chi connectivity index (χ0n) is 5.62. The molecule has 0 fully saturated rings. The van der Waals surface area contributed by atoms with Crippen LogP contribution in [0.4, 0.5) is 0 Å². The van der Waals surface area contributed by atoms with Crippen LogP contribution < -0.4 is 11.5 Å². The summed E-state index contributed by atoms with van der Waals surface area (Å²) in [5, 5.41) is 8.10. The van der Waals surface area contributed by atoms with Crippen LogP contribution >= 0.6 is 0 Å². The molecule has 5 N–H and O–H groups in total. The number of nitrogens with two attached hydrogens (primary N) is 2. The van der Waals surface area contributed by atoms with Crippen molar-refractivity contribution in [2.45, 2.75) is 6.04 Å². The number of rotatable bonds is 5. The second-order valence-electron chi connectivity index (χ2n) is 1.90. The highest BCUT2D eigenvalue weighted by atomic mass is 16.5. The van der Waals surface area contributed by atoms with Gasteiger partial charge in [0.05, 0.1) is 6.61 Å². The van der Waals surface area contributed by atoms with Crippen molar-refractivity contribution >= 4 is 5.97 Å². The third kappa shape index (κ3) is 5.49. The van der Waals surface area contributed by atoms with E-state index in [1.54, 1.807) is 0 Å². The Morgan fingerprint density at radius 1 is 1.70 bits per heavy atom. The third-order valence-corrected chi connectivity index (χ3v) is 0.860. The molecule has 1 unspecified atom stereocenters. The fourth-order valence-electron chi connectivity index (χ4n) is 0.366. The Morgan fingerprint density at radius 2 is 2.30 bits per heavy atom. The molecule has 0 saturated heterocycles. The van der Waals surface area contributed by atoms with Gasteiger partial charge in [0.25, 0.3) is 0 Å². The van der Waals surface area contributed by atoms with E-state index in [1.165, 1.54) is 0 Å². The van der Waals surface area contributed by atoms with E-state index >= 15 is 0 Å². The van der Waals surface area contributed by atoms with Crippen molar-refractivity contribution < 1.29 is 14.6 Å². The van der Waals surface area contributed by atoms with E-state index in [0.29, 0.717) is 6.54 Å². The monoisotopic (exact) mass is 148 g/mol. The molecule has 0 aromatic heterocycles. The lowest BCUT2D eigenvalue weighted by atomic mass is 10.3. The van der Waals surface area contributed by atoms with E-state index in [4.69, 9.17) is 16.6 Å². The van der Waals surface area contributed by atoms with Crippen LogP contribution in [0.5, 0.6) is 0 Å². The lowest BCUT2D eigenvalue weighted by Crippen LogP contribution is -2.34. The molecule has 0 amide bonds. The number of carboxylic acids is 1. The van der Waals surface area contributed by atoms with Crippen LogP contribution in [0.1, 0.15) is 0 Å². The van der Waals surface area contributed by atoms with E-state index < -0.39 is 5.97 Å². The van der Waals surface area contributed by atoms with Crippen molar-refractivity contribution in [2.75, 3.05) is 19.8 Å². The summed E-state index contributed by atoms with van der Waals surface area (Å²) in [5.41, 5.74) is 10.5. The predicted molar refractivity (Wildman–Crippen MR) is 35.5 cm³/mol. The van der Waals surface area contributed by atoms with E-state index in [1.807, 2.05) is 0 Å². The van der Waals surface area contributed by atoms with Gasteiger partial charge in [0.2, 0.25) is 0 Å².